The van der Waals surface area contributed by atoms with E-state index in [1.54, 1.807) is 6.07 Å². The summed E-state index contributed by atoms with van der Waals surface area (Å²) >= 11 is 0. The predicted molar refractivity (Wildman–Crippen MR) is 37.4 cm³/mol. The van der Waals surface area contributed by atoms with Gasteiger partial charge in [-0.3, -0.25) is 4.79 Å². The smallest absolute Gasteiger partial charge is 0.234 e. The second-order valence-electron chi connectivity index (χ2n) is 1.96. The van der Waals surface area contributed by atoms with Crippen molar-refractivity contribution < 1.29 is 9.32 Å². The molecule has 0 spiro atoms. The molecule has 0 aliphatic heterocycles. The third-order valence-corrected chi connectivity index (χ3v) is 1.14. The Morgan fingerprint density at radius 3 is 3.18 bits per heavy atom. The number of rotatable bonds is 3. The van der Waals surface area contributed by atoms with Crippen molar-refractivity contribution in [3.05, 3.63) is 18.0 Å². The van der Waals surface area contributed by atoms with Crippen molar-refractivity contribution in [2.24, 2.45) is 5.73 Å². The van der Waals surface area contributed by atoms with Crippen LogP contribution in [0.4, 0.5) is 0 Å². The van der Waals surface area contributed by atoms with Crippen molar-refractivity contribution in [3.63, 3.8) is 0 Å². The second kappa shape index (κ2) is 3.72. The van der Waals surface area contributed by atoms with Crippen LogP contribution in [0.1, 0.15) is 5.76 Å². The lowest BCUT2D eigenvalue weighted by Crippen LogP contribution is -2.29. The van der Waals surface area contributed by atoms with Gasteiger partial charge in [0.05, 0.1) is 19.3 Å². The summed E-state index contributed by atoms with van der Waals surface area (Å²) in [6, 6.07) is 1.68. The van der Waals surface area contributed by atoms with Crippen LogP contribution in [0.3, 0.4) is 0 Å². The van der Waals surface area contributed by atoms with E-state index in [1.165, 1.54) is 6.20 Å². The first-order chi connectivity index (χ1) is 5.33. The lowest BCUT2D eigenvalue weighted by atomic mass is 10.4. The maximum atomic E-state index is 10.6. The van der Waals surface area contributed by atoms with E-state index in [-0.39, 0.29) is 12.5 Å². The zero-order valence-electron chi connectivity index (χ0n) is 5.91. The van der Waals surface area contributed by atoms with Crippen molar-refractivity contribution in [1.29, 1.82) is 0 Å². The van der Waals surface area contributed by atoms with E-state index in [4.69, 9.17) is 10.3 Å². The van der Waals surface area contributed by atoms with Gasteiger partial charge in [0.2, 0.25) is 5.91 Å². The Morgan fingerprint density at radius 1 is 1.82 bits per heavy atom. The Bertz CT molecular complexity index is 220. The minimum atomic E-state index is -0.207. The fourth-order valence-electron chi connectivity index (χ4n) is 0.591. The maximum Gasteiger partial charge on any atom is 0.234 e. The van der Waals surface area contributed by atoms with Crippen LogP contribution in [0.5, 0.6) is 0 Å². The highest BCUT2D eigenvalue weighted by atomic mass is 16.5. The monoisotopic (exact) mass is 155 g/mol. The highest BCUT2D eigenvalue weighted by Gasteiger charge is 1.99. The second-order valence-corrected chi connectivity index (χ2v) is 1.96. The van der Waals surface area contributed by atoms with Crippen LogP contribution >= 0.6 is 0 Å². The molecule has 0 saturated heterocycles. The molecular weight excluding hydrogens is 146 g/mol. The molecule has 1 rings (SSSR count). The fraction of sp³-hybridized carbons (Fsp3) is 0.333. The van der Waals surface area contributed by atoms with Gasteiger partial charge in [0.15, 0.2) is 5.76 Å². The standard InChI is InChI=1S/C6H9N3O2/c7-3-6(10)8-4-5-1-2-9-11-5/h1-2H,3-4,7H2,(H,8,10). The molecule has 0 aromatic carbocycles. The first-order valence-electron chi connectivity index (χ1n) is 3.19. The van der Waals surface area contributed by atoms with Crippen LogP contribution in [0.25, 0.3) is 0 Å². The van der Waals surface area contributed by atoms with Gasteiger partial charge in [-0.15, -0.1) is 0 Å². The van der Waals surface area contributed by atoms with E-state index in [1.807, 2.05) is 0 Å². The molecule has 0 saturated carbocycles. The lowest BCUT2D eigenvalue weighted by Gasteiger charge is -1.97. The Balaban J connectivity index is 2.29. The Morgan fingerprint density at radius 2 is 2.64 bits per heavy atom. The summed E-state index contributed by atoms with van der Waals surface area (Å²) in [5, 5.41) is 6.01. The van der Waals surface area contributed by atoms with E-state index >= 15 is 0 Å². The summed E-state index contributed by atoms with van der Waals surface area (Å²) in [7, 11) is 0. The van der Waals surface area contributed by atoms with Gasteiger partial charge in [-0.25, -0.2) is 0 Å². The topological polar surface area (TPSA) is 81.2 Å². The van der Waals surface area contributed by atoms with Gasteiger partial charge >= 0.3 is 0 Å². The number of carbonyl (C=O) groups is 1. The number of hydrogen-bond donors (Lipinski definition) is 2. The minimum Gasteiger partial charge on any atom is -0.360 e. The molecule has 1 aromatic heterocycles. The van der Waals surface area contributed by atoms with Crippen molar-refractivity contribution in [1.82, 2.24) is 10.5 Å². The molecule has 0 unspecified atom stereocenters. The van der Waals surface area contributed by atoms with Gasteiger partial charge in [0.25, 0.3) is 0 Å². The van der Waals surface area contributed by atoms with Crippen molar-refractivity contribution in [3.8, 4) is 0 Å². The number of hydrogen-bond acceptors (Lipinski definition) is 4. The molecule has 0 aliphatic carbocycles. The minimum absolute atomic E-state index is 0.00582. The van der Waals surface area contributed by atoms with Gasteiger partial charge < -0.3 is 15.6 Å². The molecule has 0 radical (unpaired) electrons. The third kappa shape index (κ3) is 2.38. The largest absolute Gasteiger partial charge is 0.360 e. The molecular formula is C6H9N3O2. The average Bonchev–Trinajstić information content (AvgIpc) is 2.52. The molecule has 0 fully saturated rings. The summed E-state index contributed by atoms with van der Waals surface area (Å²) in [6.07, 6.45) is 1.52. The van der Waals surface area contributed by atoms with Gasteiger partial charge in [0, 0.05) is 6.07 Å². The number of amides is 1. The van der Waals surface area contributed by atoms with Crippen molar-refractivity contribution >= 4 is 5.91 Å². The molecule has 0 bridgehead atoms. The summed E-state index contributed by atoms with van der Waals surface area (Å²) in [6.45, 7) is 0.337. The molecule has 60 valence electrons. The Kier molecular flexibility index (Phi) is 2.62. The van der Waals surface area contributed by atoms with Gasteiger partial charge in [-0.05, 0) is 0 Å². The molecule has 1 heterocycles. The molecule has 3 N–H and O–H groups in total. The molecule has 0 atom stereocenters. The average molecular weight is 155 g/mol. The van der Waals surface area contributed by atoms with Crippen LogP contribution in [0.2, 0.25) is 0 Å². The number of aromatic nitrogens is 1. The van der Waals surface area contributed by atoms with Crippen molar-refractivity contribution in [2.45, 2.75) is 6.54 Å². The summed E-state index contributed by atoms with van der Waals surface area (Å²) in [5.41, 5.74) is 5.05. The first kappa shape index (κ1) is 7.74. The molecule has 11 heavy (non-hydrogen) atoms. The molecule has 0 aliphatic rings. The SMILES string of the molecule is NCC(=O)NCc1ccno1. The molecule has 1 aromatic rings. The Hall–Kier alpha value is -1.36. The molecule has 5 nitrogen and oxygen atoms in total. The van der Waals surface area contributed by atoms with Crippen LogP contribution < -0.4 is 11.1 Å². The number of carbonyl (C=O) groups excluding carboxylic acids is 1. The third-order valence-electron chi connectivity index (χ3n) is 1.14. The van der Waals surface area contributed by atoms with Gasteiger partial charge in [-0.2, -0.15) is 0 Å². The van der Waals surface area contributed by atoms with E-state index in [0.717, 1.165) is 0 Å². The maximum absolute atomic E-state index is 10.6. The van der Waals surface area contributed by atoms with Gasteiger partial charge in [0.1, 0.15) is 0 Å². The van der Waals surface area contributed by atoms with E-state index < -0.39 is 0 Å². The van der Waals surface area contributed by atoms with Crippen LogP contribution in [-0.2, 0) is 11.3 Å². The fourth-order valence-corrected chi connectivity index (χ4v) is 0.591. The quantitative estimate of drug-likeness (QED) is 0.601. The zero-order chi connectivity index (χ0) is 8.10. The van der Waals surface area contributed by atoms with Crippen molar-refractivity contribution in [2.75, 3.05) is 6.54 Å². The Labute approximate surface area is 63.5 Å². The zero-order valence-corrected chi connectivity index (χ0v) is 5.91. The van der Waals surface area contributed by atoms with E-state index in [0.29, 0.717) is 12.3 Å². The summed E-state index contributed by atoms with van der Waals surface area (Å²) in [5.74, 6) is 0.410. The number of nitrogens with two attached hydrogens (primary N) is 1. The molecule has 5 heteroatoms. The summed E-state index contributed by atoms with van der Waals surface area (Å²) < 4.78 is 4.72. The van der Waals surface area contributed by atoms with Crippen LogP contribution in [-0.4, -0.2) is 17.6 Å². The summed E-state index contributed by atoms with van der Waals surface area (Å²) in [4.78, 5) is 10.6. The number of nitrogens with one attached hydrogen (secondary N) is 1. The highest BCUT2D eigenvalue weighted by Crippen LogP contribution is 1.93. The predicted octanol–water partition coefficient (Wildman–Crippen LogP) is -0.751. The van der Waals surface area contributed by atoms with Crippen LogP contribution in [0, 0.1) is 0 Å². The van der Waals surface area contributed by atoms with Crippen LogP contribution in [0.15, 0.2) is 16.8 Å². The lowest BCUT2D eigenvalue weighted by molar-refractivity contribution is -0.119. The normalized spacial score (nSPS) is 9.55. The van der Waals surface area contributed by atoms with E-state index in [9.17, 15) is 4.79 Å². The first-order valence-corrected chi connectivity index (χ1v) is 3.19. The number of nitrogens with zero attached hydrogens (tertiary/aromatic N) is 1. The highest BCUT2D eigenvalue weighted by molar-refractivity contribution is 5.77. The molecule has 1 amide bonds. The van der Waals surface area contributed by atoms with Gasteiger partial charge in [-0.1, -0.05) is 5.16 Å². The van der Waals surface area contributed by atoms with E-state index in [2.05, 4.69) is 10.5 Å².